The van der Waals surface area contributed by atoms with Crippen LogP contribution in [-0.4, -0.2) is 15.7 Å². The minimum atomic E-state index is -0.678. The van der Waals surface area contributed by atoms with Crippen LogP contribution < -0.4 is 5.56 Å². The van der Waals surface area contributed by atoms with E-state index in [0.29, 0.717) is 0 Å². The first-order valence-corrected chi connectivity index (χ1v) is 3.40. The average Bonchev–Trinajstić information content (AvgIpc) is 2.04. The monoisotopic (exact) mass is 182 g/mol. The first-order chi connectivity index (χ1) is 6.02. The third-order valence-electron chi connectivity index (χ3n) is 1.48. The van der Waals surface area contributed by atoms with Crippen molar-refractivity contribution in [2.75, 3.05) is 0 Å². The summed E-state index contributed by atoms with van der Waals surface area (Å²) in [6, 6.07) is 0.959. The number of nitrogens with zero attached hydrogens (tertiary/aromatic N) is 1. The van der Waals surface area contributed by atoms with Crippen LogP contribution in [0.4, 0.5) is 5.69 Å². The van der Waals surface area contributed by atoms with Crippen molar-refractivity contribution in [3.63, 3.8) is 0 Å². The van der Waals surface area contributed by atoms with Gasteiger partial charge in [-0.1, -0.05) is 0 Å². The van der Waals surface area contributed by atoms with Crippen molar-refractivity contribution < 1.29 is 9.72 Å². The lowest BCUT2D eigenvalue weighted by Crippen LogP contribution is -2.15. The minimum absolute atomic E-state index is 0.200. The van der Waals surface area contributed by atoms with E-state index in [-0.39, 0.29) is 11.3 Å². The lowest BCUT2D eigenvalue weighted by atomic mass is 10.2. The van der Waals surface area contributed by atoms with Crippen molar-refractivity contribution in [2.24, 2.45) is 0 Å². The molecule has 0 saturated carbocycles. The van der Waals surface area contributed by atoms with Gasteiger partial charge in [-0.05, 0) is 6.92 Å². The molecule has 1 aromatic rings. The van der Waals surface area contributed by atoms with Crippen molar-refractivity contribution in [3.05, 3.63) is 38.3 Å². The molecule has 0 aliphatic heterocycles. The molecule has 1 aromatic heterocycles. The van der Waals surface area contributed by atoms with E-state index >= 15 is 0 Å². The molecule has 6 nitrogen and oxygen atoms in total. The number of rotatable bonds is 2. The predicted molar refractivity (Wildman–Crippen MR) is 43.7 cm³/mol. The SMILES string of the molecule is CC(=O)c1cc([N+](=O)[O-])c[nH]c1=O. The van der Waals surface area contributed by atoms with Crippen molar-refractivity contribution in [1.82, 2.24) is 4.98 Å². The Morgan fingerprint density at radius 3 is 2.69 bits per heavy atom. The van der Waals surface area contributed by atoms with Crippen LogP contribution in [0, 0.1) is 10.1 Å². The number of aromatic amines is 1. The van der Waals surface area contributed by atoms with Gasteiger partial charge >= 0.3 is 0 Å². The Kier molecular flexibility index (Phi) is 2.23. The molecule has 0 aliphatic rings. The molecule has 0 bridgehead atoms. The van der Waals surface area contributed by atoms with E-state index in [0.717, 1.165) is 12.3 Å². The van der Waals surface area contributed by atoms with Gasteiger partial charge in [0.05, 0.1) is 16.7 Å². The van der Waals surface area contributed by atoms with Crippen LogP contribution in [-0.2, 0) is 0 Å². The zero-order valence-electron chi connectivity index (χ0n) is 6.73. The smallest absolute Gasteiger partial charge is 0.286 e. The maximum absolute atomic E-state index is 10.9. The van der Waals surface area contributed by atoms with Crippen LogP contribution >= 0.6 is 0 Å². The number of carbonyl (C=O) groups is 1. The van der Waals surface area contributed by atoms with Gasteiger partial charge in [-0.25, -0.2) is 0 Å². The number of nitrogens with one attached hydrogen (secondary N) is 1. The van der Waals surface area contributed by atoms with E-state index in [4.69, 9.17) is 0 Å². The zero-order valence-corrected chi connectivity index (χ0v) is 6.73. The van der Waals surface area contributed by atoms with Crippen LogP contribution in [0.3, 0.4) is 0 Å². The van der Waals surface area contributed by atoms with Crippen LogP contribution in [0.1, 0.15) is 17.3 Å². The van der Waals surface area contributed by atoms with E-state index in [2.05, 4.69) is 4.98 Å². The maximum atomic E-state index is 10.9. The third kappa shape index (κ3) is 1.78. The molecule has 6 heteroatoms. The Bertz CT molecular complexity index is 421. The first-order valence-electron chi connectivity index (χ1n) is 3.40. The topological polar surface area (TPSA) is 93.1 Å². The number of H-pyrrole nitrogens is 1. The number of carbonyl (C=O) groups excluding carboxylic acids is 1. The quantitative estimate of drug-likeness (QED) is 0.409. The molecule has 0 amide bonds. The summed E-state index contributed by atoms with van der Waals surface area (Å²) < 4.78 is 0. The number of aromatic nitrogens is 1. The Morgan fingerprint density at radius 2 is 2.23 bits per heavy atom. The van der Waals surface area contributed by atoms with Crippen LogP contribution in [0.5, 0.6) is 0 Å². The molecule has 0 spiro atoms. The van der Waals surface area contributed by atoms with Gasteiger partial charge in [0.25, 0.3) is 11.2 Å². The van der Waals surface area contributed by atoms with E-state index in [1.807, 2.05) is 0 Å². The highest BCUT2D eigenvalue weighted by Crippen LogP contribution is 2.07. The summed E-state index contributed by atoms with van der Waals surface area (Å²) in [7, 11) is 0. The number of Topliss-reactive ketones (excluding diaryl/α,β-unsaturated/α-hetero) is 1. The van der Waals surface area contributed by atoms with Gasteiger partial charge < -0.3 is 4.98 Å². The second kappa shape index (κ2) is 3.18. The molecule has 0 unspecified atom stereocenters. The summed E-state index contributed by atoms with van der Waals surface area (Å²) in [4.78, 5) is 33.4. The van der Waals surface area contributed by atoms with Gasteiger partial charge in [0.1, 0.15) is 0 Å². The molecule has 1 N–H and O–H groups in total. The van der Waals surface area contributed by atoms with Crippen molar-refractivity contribution in [2.45, 2.75) is 6.92 Å². The van der Waals surface area contributed by atoms with Crippen LogP contribution in [0.25, 0.3) is 0 Å². The Balaban J connectivity index is 3.35. The fraction of sp³-hybridized carbons (Fsp3) is 0.143. The highest BCUT2D eigenvalue weighted by molar-refractivity contribution is 5.94. The molecular formula is C7H6N2O4. The van der Waals surface area contributed by atoms with E-state index in [1.165, 1.54) is 6.92 Å². The highest BCUT2D eigenvalue weighted by Gasteiger charge is 2.12. The highest BCUT2D eigenvalue weighted by atomic mass is 16.6. The lowest BCUT2D eigenvalue weighted by Gasteiger charge is -1.93. The summed E-state index contributed by atoms with van der Waals surface area (Å²) in [6.45, 7) is 1.17. The molecule has 13 heavy (non-hydrogen) atoms. The summed E-state index contributed by atoms with van der Waals surface area (Å²) in [6.07, 6.45) is 0.953. The second-order valence-electron chi connectivity index (χ2n) is 2.41. The summed E-state index contributed by atoms with van der Waals surface area (Å²) in [5, 5.41) is 10.3. The van der Waals surface area contributed by atoms with Gasteiger partial charge in [0.15, 0.2) is 5.78 Å². The largest absolute Gasteiger partial charge is 0.322 e. The van der Waals surface area contributed by atoms with Crippen LogP contribution in [0.15, 0.2) is 17.1 Å². The van der Waals surface area contributed by atoms with Gasteiger partial charge in [-0.15, -0.1) is 0 Å². The third-order valence-corrected chi connectivity index (χ3v) is 1.48. The summed E-state index contributed by atoms with van der Waals surface area (Å²) >= 11 is 0. The number of nitro groups is 1. The number of pyridine rings is 1. The van der Waals surface area contributed by atoms with Crippen molar-refractivity contribution in [1.29, 1.82) is 0 Å². The maximum Gasteiger partial charge on any atom is 0.286 e. The van der Waals surface area contributed by atoms with E-state index in [9.17, 15) is 19.7 Å². The lowest BCUT2D eigenvalue weighted by molar-refractivity contribution is -0.385. The first kappa shape index (κ1) is 9.11. The fourth-order valence-corrected chi connectivity index (χ4v) is 0.839. The van der Waals surface area contributed by atoms with Gasteiger partial charge in [0.2, 0.25) is 0 Å². The molecule has 0 aromatic carbocycles. The van der Waals surface area contributed by atoms with Gasteiger partial charge in [0, 0.05) is 6.07 Å². The summed E-state index contributed by atoms with van der Waals surface area (Å²) in [5.41, 5.74) is -1.11. The van der Waals surface area contributed by atoms with Gasteiger partial charge in [-0.3, -0.25) is 19.7 Å². The number of ketones is 1. The normalized spacial score (nSPS) is 9.62. The van der Waals surface area contributed by atoms with Crippen molar-refractivity contribution >= 4 is 11.5 Å². The number of hydrogen-bond donors (Lipinski definition) is 1. The predicted octanol–water partition coefficient (Wildman–Crippen LogP) is 0.486. The Hall–Kier alpha value is -1.98. The molecule has 68 valence electrons. The molecule has 0 aliphatic carbocycles. The Morgan fingerprint density at radius 1 is 1.62 bits per heavy atom. The fourth-order valence-electron chi connectivity index (χ4n) is 0.839. The van der Waals surface area contributed by atoms with E-state index < -0.39 is 16.3 Å². The molecule has 0 radical (unpaired) electrons. The molecular weight excluding hydrogens is 176 g/mol. The van der Waals surface area contributed by atoms with Gasteiger partial charge in [-0.2, -0.15) is 0 Å². The molecule has 0 fully saturated rings. The standard InChI is InChI=1S/C7H6N2O4/c1-4(10)6-2-5(9(12)13)3-8-7(6)11/h2-3H,1H3,(H,8,11). The summed E-state index contributed by atoms with van der Waals surface area (Å²) in [5.74, 6) is -0.495. The van der Waals surface area contributed by atoms with E-state index in [1.54, 1.807) is 0 Å². The average molecular weight is 182 g/mol. The number of hydrogen-bond acceptors (Lipinski definition) is 4. The Labute approximate surface area is 72.4 Å². The molecule has 0 atom stereocenters. The second-order valence-corrected chi connectivity index (χ2v) is 2.41. The van der Waals surface area contributed by atoms with Crippen molar-refractivity contribution in [3.8, 4) is 0 Å². The van der Waals surface area contributed by atoms with Crippen LogP contribution in [0.2, 0.25) is 0 Å². The molecule has 0 saturated heterocycles. The zero-order chi connectivity index (χ0) is 10.0. The molecule has 1 heterocycles. The minimum Gasteiger partial charge on any atom is -0.322 e. The molecule has 1 rings (SSSR count).